The summed E-state index contributed by atoms with van der Waals surface area (Å²) < 4.78 is 5.85. The molecule has 15 heavy (non-hydrogen) atoms. The zero-order chi connectivity index (χ0) is 10.5. The van der Waals surface area contributed by atoms with Gasteiger partial charge in [-0.05, 0) is 37.4 Å². The van der Waals surface area contributed by atoms with Crippen LogP contribution in [0.15, 0.2) is 24.3 Å². The Balaban J connectivity index is 1.91. The number of aryl methyl sites for hydroxylation is 1. The molecule has 1 aliphatic rings. The third kappa shape index (κ3) is 2.72. The van der Waals surface area contributed by atoms with Gasteiger partial charge < -0.3 is 10.1 Å². The van der Waals surface area contributed by atoms with Crippen LogP contribution in [0.1, 0.15) is 25.3 Å². The van der Waals surface area contributed by atoms with E-state index in [1.807, 2.05) is 6.07 Å². The van der Waals surface area contributed by atoms with Gasteiger partial charge in [0.15, 0.2) is 0 Å². The van der Waals surface area contributed by atoms with Gasteiger partial charge in [0.25, 0.3) is 0 Å². The van der Waals surface area contributed by atoms with Crippen molar-refractivity contribution in [2.75, 3.05) is 13.2 Å². The van der Waals surface area contributed by atoms with Crippen LogP contribution in [0.25, 0.3) is 0 Å². The average molecular weight is 205 g/mol. The minimum atomic E-state index is 0.551. The molecule has 0 radical (unpaired) electrons. The highest BCUT2D eigenvalue weighted by molar-refractivity contribution is 5.33. The van der Waals surface area contributed by atoms with Gasteiger partial charge in [0.2, 0.25) is 0 Å². The van der Waals surface area contributed by atoms with Gasteiger partial charge in [0, 0.05) is 6.04 Å². The molecule has 1 aliphatic heterocycles. The fourth-order valence-electron chi connectivity index (χ4n) is 2.03. The lowest BCUT2D eigenvalue weighted by Crippen LogP contribution is -2.28. The van der Waals surface area contributed by atoms with Crippen LogP contribution in [0.4, 0.5) is 0 Å². The third-order valence-electron chi connectivity index (χ3n) is 2.96. The summed E-state index contributed by atoms with van der Waals surface area (Å²) in [6.07, 6.45) is 3.56. The fourth-order valence-corrected chi connectivity index (χ4v) is 2.03. The molecule has 1 fully saturated rings. The van der Waals surface area contributed by atoms with Crippen LogP contribution in [0.2, 0.25) is 0 Å². The molecule has 1 aromatic carbocycles. The van der Waals surface area contributed by atoms with Crippen molar-refractivity contribution in [1.82, 2.24) is 5.32 Å². The summed E-state index contributed by atoms with van der Waals surface area (Å²) in [5, 5.41) is 3.44. The minimum absolute atomic E-state index is 0.551. The first-order chi connectivity index (χ1) is 7.40. The van der Waals surface area contributed by atoms with E-state index < -0.39 is 0 Å². The van der Waals surface area contributed by atoms with Crippen LogP contribution in [0.5, 0.6) is 5.75 Å². The Morgan fingerprint density at radius 3 is 3.00 bits per heavy atom. The maximum atomic E-state index is 5.85. The first-order valence-corrected chi connectivity index (χ1v) is 5.84. The van der Waals surface area contributed by atoms with E-state index in [1.165, 1.54) is 18.4 Å². The van der Waals surface area contributed by atoms with E-state index in [1.54, 1.807) is 0 Å². The molecule has 0 spiro atoms. The second kappa shape index (κ2) is 5.17. The number of nitrogens with one attached hydrogen (secondary N) is 1. The van der Waals surface area contributed by atoms with Crippen LogP contribution in [0.3, 0.4) is 0 Å². The number of hydrogen-bond acceptors (Lipinski definition) is 2. The van der Waals surface area contributed by atoms with Crippen LogP contribution < -0.4 is 10.1 Å². The van der Waals surface area contributed by atoms with Gasteiger partial charge in [-0.25, -0.2) is 0 Å². The highest BCUT2D eigenvalue weighted by Gasteiger charge is 2.14. The second-order valence-electron chi connectivity index (χ2n) is 4.07. The zero-order valence-electron chi connectivity index (χ0n) is 9.33. The van der Waals surface area contributed by atoms with E-state index in [4.69, 9.17) is 4.74 Å². The third-order valence-corrected chi connectivity index (χ3v) is 2.96. The average Bonchev–Trinajstić information content (AvgIpc) is 2.79. The Bertz CT molecular complexity index is 305. The van der Waals surface area contributed by atoms with E-state index in [-0.39, 0.29) is 0 Å². The van der Waals surface area contributed by atoms with E-state index in [9.17, 15) is 0 Å². The van der Waals surface area contributed by atoms with Crippen molar-refractivity contribution >= 4 is 0 Å². The molecule has 1 saturated heterocycles. The Morgan fingerprint density at radius 2 is 2.27 bits per heavy atom. The summed E-state index contributed by atoms with van der Waals surface area (Å²) in [7, 11) is 0. The molecular weight excluding hydrogens is 186 g/mol. The molecule has 0 aliphatic carbocycles. The molecule has 2 nitrogen and oxygen atoms in total. The summed E-state index contributed by atoms with van der Waals surface area (Å²) in [6.45, 7) is 4.11. The number of ether oxygens (including phenoxy) is 1. The van der Waals surface area contributed by atoms with Crippen LogP contribution in [-0.2, 0) is 6.42 Å². The molecule has 1 aromatic rings. The lowest BCUT2D eigenvalue weighted by atomic mass is 10.1. The van der Waals surface area contributed by atoms with Crippen molar-refractivity contribution in [3.8, 4) is 5.75 Å². The molecule has 0 aromatic heterocycles. The molecule has 1 heterocycles. The molecule has 0 bridgehead atoms. The first kappa shape index (κ1) is 10.5. The van der Waals surface area contributed by atoms with Crippen molar-refractivity contribution in [1.29, 1.82) is 0 Å². The number of hydrogen-bond donors (Lipinski definition) is 1. The maximum Gasteiger partial charge on any atom is 0.122 e. The highest BCUT2D eigenvalue weighted by atomic mass is 16.5. The molecule has 1 atom stereocenters. The molecular formula is C13H19NO. The van der Waals surface area contributed by atoms with E-state index in [0.717, 1.165) is 25.3 Å². The zero-order valence-corrected chi connectivity index (χ0v) is 9.33. The Morgan fingerprint density at radius 1 is 1.40 bits per heavy atom. The van der Waals surface area contributed by atoms with Crippen molar-refractivity contribution in [2.24, 2.45) is 0 Å². The van der Waals surface area contributed by atoms with Crippen LogP contribution in [-0.4, -0.2) is 19.2 Å². The summed E-state index contributed by atoms with van der Waals surface area (Å²) in [4.78, 5) is 0. The molecule has 1 N–H and O–H groups in total. The van der Waals surface area contributed by atoms with Crippen molar-refractivity contribution < 1.29 is 4.74 Å². The van der Waals surface area contributed by atoms with Gasteiger partial charge in [-0.1, -0.05) is 25.1 Å². The SMILES string of the molecule is CCc1ccccc1OCC1CCCN1. The van der Waals surface area contributed by atoms with Gasteiger partial charge in [0.05, 0.1) is 0 Å². The molecule has 1 unspecified atom stereocenters. The summed E-state index contributed by atoms with van der Waals surface area (Å²) in [5.41, 5.74) is 1.30. The number of benzene rings is 1. The lowest BCUT2D eigenvalue weighted by Gasteiger charge is -2.14. The summed E-state index contributed by atoms with van der Waals surface area (Å²) in [6, 6.07) is 8.86. The normalized spacial score (nSPS) is 20.5. The van der Waals surface area contributed by atoms with Crippen molar-refractivity contribution in [3.05, 3.63) is 29.8 Å². The van der Waals surface area contributed by atoms with E-state index >= 15 is 0 Å². The van der Waals surface area contributed by atoms with Gasteiger partial charge in [0.1, 0.15) is 12.4 Å². The Labute approximate surface area is 91.6 Å². The quantitative estimate of drug-likeness (QED) is 0.815. The highest BCUT2D eigenvalue weighted by Crippen LogP contribution is 2.19. The topological polar surface area (TPSA) is 21.3 Å². The largest absolute Gasteiger partial charge is 0.492 e. The number of rotatable bonds is 4. The molecule has 2 rings (SSSR count). The number of para-hydroxylation sites is 1. The minimum Gasteiger partial charge on any atom is -0.492 e. The van der Waals surface area contributed by atoms with Gasteiger partial charge in [-0.15, -0.1) is 0 Å². The van der Waals surface area contributed by atoms with Crippen molar-refractivity contribution in [3.63, 3.8) is 0 Å². The lowest BCUT2D eigenvalue weighted by molar-refractivity contribution is 0.275. The van der Waals surface area contributed by atoms with Gasteiger partial charge >= 0.3 is 0 Å². The van der Waals surface area contributed by atoms with Crippen molar-refractivity contribution in [2.45, 2.75) is 32.2 Å². The molecule has 0 amide bonds. The Hall–Kier alpha value is -1.02. The summed E-state index contributed by atoms with van der Waals surface area (Å²) in [5.74, 6) is 1.05. The predicted molar refractivity (Wildman–Crippen MR) is 62.3 cm³/mol. The first-order valence-electron chi connectivity index (χ1n) is 5.84. The smallest absolute Gasteiger partial charge is 0.122 e. The van der Waals surface area contributed by atoms with E-state index in [0.29, 0.717) is 6.04 Å². The maximum absolute atomic E-state index is 5.85. The molecule has 0 saturated carbocycles. The molecule has 2 heteroatoms. The van der Waals surface area contributed by atoms with Crippen LogP contribution in [0, 0.1) is 0 Å². The molecule has 82 valence electrons. The van der Waals surface area contributed by atoms with Gasteiger partial charge in [-0.3, -0.25) is 0 Å². The monoisotopic (exact) mass is 205 g/mol. The van der Waals surface area contributed by atoms with Gasteiger partial charge in [-0.2, -0.15) is 0 Å². The summed E-state index contributed by atoms with van der Waals surface area (Å²) >= 11 is 0. The second-order valence-corrected chi connectivity index (χ2v) is 4.07. The fraction of sp³-hybridized carbons (Fsp3) is 0.538. The Kier molecular flexibility index (Phi) is 3.62. The van der Waals surface area contributed by atoms with E-state index in [2.05, 4.69) is 30.4 Å². The van der Waals surface area contributed by atoms with Crippen LogP contribution >= 0.6 is 0 Å². The standard InChI is InChI=1S/C13H19NO/c1-2-11-6-3-4-8-13(11)15-10-12-7-5-9-14-12/h3-4,6,8,12,14H,2,5,7,9-10H2,1H3. The predicted octanol–water partition coefficient (Wildman–Crippen LogP) is 2.38.